The van der Waals surface area contributed by atoms with Gasteiger partial charge in [-0.2, -0.15) is 8.42 Å². The fraction of sp³-hybridized carbons (Fsp3) is 0.500. The monoisotopic (exact) mass is 268 g/mol. The van der Waals surface area contributed by atoms with E-state index in [4.69, 9.17) is 4.55 Å². The molecule has 1 aromatic rings. The van der Waals surface area contributed by atoms with Gasteiger partial charge in [-0.15, -0.1) is 0 Å². The topological polar surface area (TPSA) is 54.4 Å². The summed E-state index contributed by atoms with van der Waals surface area (Å²) in [6.45, 7) is 2.13. The molecule has 3 nitrogen and oxygen atoms in total. The summed E-state index contributed by atoms with van der Waals surface area (Å²) in [6, 6.07) is 6.63. The van der Waals surface area contributed by atoms with Gasteiger partial charge in [-0.3, -0.25) is 4.55 Å². The molecule has 0 aromatic heterocycles. The number of unbranched alkanes of at least 4 members (excludes halogenated alkanes) is 3. The number of hydrogen-bond donors (Lipinski definition) is 1. The molecule has 0 amide bonds. The van der Waals surface area contributed by atoms with Crippen LogP contribution in [0.25, 0.3) is 0 Å². The molecular weight excluding hydrogens is 249 g/mol. The molecule has 0 bridgehead atoms. The minimum atomic E-state index is -4.08. The second-order valence-corrected chi connectivity index (χ2v) is 5.28. The van der Waals surface area contributed by atoms with E-state index in [0.29, 0.717) is 12.0 Å². The van der Waals surface area contributed by atoms with E-state index in [2.05, 4.69) is 6.92 Å². The zero-order chi connectivity index (χ0) is 12.0. The van der Waals surface area contributed by atoms with Crippen molar-refractivity contribution in [2.75, 3.05) is 0 Å². The predicted octanol–water partition coefficient (Wildman–Crippen LogP) is 2.90. The van der Waals surface area contributed by atoms with Crippen LogP contribution in [0.4, 0.5) is 0 Å². The Bertz CT molecular complexity index is 438. The van der Waals surface area contributed by atoms with E-state index in [1.54, 1.807) is 18.2 Å². The van der Waals surface area contributed by atoms with Gasteiger partial charge in [0.25, 0.3) is 10.1 Å². The zero-order valence-electron chi connectivity index (χ0n) is 12.2. The number of aryl methyl sites for hydroxylation is 1. The van der Waals surface area contributed by atoms with Crippen molar-refractivity contribution in [3.8, 4) is 0 Å². The first-order valence-electron chi connectivity index (χ1n) is 5.61. The fourth-order valence-corrected chi connectivity index (χ4v) is 2.46. The summed E-state index contributed by atoms with van der Waals surface area (Å²) in [5.74, 6) is 0. The molecule has 1 N–H and O–H groups in total. The van der Waals surface area contributed by atoms with Crippen LogP contribution in [0.5, 0.6) is 0 Å². The minimum Gasteiger partial charge on any atom is -1.00 e. The van der Waals surface area contributed by atoms with Crippen LogP contribution in [-0.2, 0) is 16.5 Å². The summed E-state index contributed by atoms with van der Waals surface area (Å²) in [4.78, 5) is 0.0477. The maximum absolute atomic E-state index is 11.1. The van der Waals surface area contributed by atoms with Crippen LogP contribution in [0, 0.1) is 0 Å². The number of hydrogen-bond acceptors (Lipinski definition) is 2. The van der Waals surface area contributed by atoms with Crippen LogP contribution in [0.1, 0.15) is 41.0 Å². The first-order chi connectivity index (χ1) is 7.55. The van der Waals surface area contributed by atoms with E-state index >= 15 is 0 Å². The summed E-state index contributed by atoms with van der Waals surface area (Å²) in [6.07, 6.45) is 5.07. The third-order valence-corrected chi connectivity index (χ3v) is 3.50. The van der Waals surface area contributed by atoms with Gasteiger partial charge in [0.05, 0.1) is 4.90 Å². The van der Waals surface area contributed by atoms with E-state index in [9.17, 15) is 8.42 Å². The summed E-state index contributed by atoms with van der Waals surface area (Å²) >= 11 is 0. The Morgan fingerprint density at radius 2 is 1.82 bits per heavy atom. The van der Waals surface area contributed by atoms with Crippen LogP contribution in [-0.4, -0.2) is 36.0 Å². The Kier molecular flexibility index (Phi) is 8.03. The largest absolute Gasteiger partial charge is 2.00 e. The van der Waals surface area contributed by atoms with Crippen molar-refractivity contribution < 1.29 is 15.8 Å². The SMILES string of the molecule is CCCCCCc1ccccc1S(=O)(=O)O.[H-].[H-].[Mg+2]. The first-order valence-corrected chi connectivity index (χ1v) is 7.05. The van der Waals surface area contributed by atoms with Crippen LogP contribution in [0.2, 0.25) is 0 Å². The van der Waals surface area contributed by atoms with E-state index in [1.165, 1.54) is 6.07 Å². The van der Waals surface area contributed by atoms with Crippen molar-refractivity contribution in [1.29, 1.82) is 0 Å². The quantitative estimate of drug-likeness (QED) is 0.490. The van der Waals surface area contributed by atoms with Gasteiger partial charge in [0.1, 0.15) is 0 Å². The smallest absolute Gasteiger partial charge is 1.00 e. The Labute approximate surface area is 122 Å². The molecular formula is C12H20MgO3S. The molecule has 0 spiro atoms. The summed E-state index contributed by atoms with van der Waals surface area (Å²) in [5, 5.41) is 0. The molecule has 0 saturated carbocycles. The second-order valence-electron chi connectivity index (χ2n) is 3.89. The maximum Gasteiger partial charge on any atom is 2.00 e. The summed E-state index contributed by atoms with van der Waals surface area (Å²) in [5.41, 5.74) is 0.709. The molecule has 0 heterocycles. The van der Waals surface area contributed by atoms with Crippen molar-refractivity contribution >= 4 is 33.2 Å². The predicted molar refractivity (Wildman–Crippen MR) is 72.1 cm³/mol. The Morgan fingerprint density at radius 1 is 1.18 bits per heavy atom. The van der Waals surface area contributed by atoms with E-state index in [0.717, 1.165) is 25.7 Å². The van der Waals surface area contributed by atoms with Gasteiger partial charge in [0.15, 0.2) is 0 Å². The molecule has 0 saturated heterocycles. The third kappa shape index (κ3) is 5.86. The van der Waals surface area contributed by atoms with E-state index < -0.39 is 10.1 Å². The van der Waals surface area contributed by atoms with Crippen molar-refractivity contribution in [2.24, 2.45) is 0 Å². The molecule has 5 heteroatoms. The number of rotatable bonds is 6. The van der Waals surface area contributed by atoms with Gasteiger partial charge >= 0.3 is 23.1 Å². The molecule has 94 valence electrons. The Morgan fingerprint density at radius 3 is 2.41 bits per heavy atom. The molecule has 0 aliphatic rings. The summed E-state index contributed by atoms with van der Waals surface area (Å²) < 4.78 is 31.2. The van der Waals surface area contributed by atoms with Crippen LogP contribution >= 0.6 is 0 Å². The van der Waals surface area contributed by atoms with Gasteiger partial charge in [-0.1, -0.05) is 44.4 Å². The molecule has 0 radical (unpaired) electrons. The van der Waals surface area contributed by atoms with Gasteiger partial charge < -0.3 is 2.85 Å². The average molecular weight is 269 g/mol. The van der Waals surface area contributed by atoms with E-state index in [-0.39, 0.29) is 30.8 Å². The van der Waals surface area contributed by atoms with Crippen LogP contribution in [0.15, 0.2) is 29.2 Å². The number of benzene rings is 1. The maximum atomic E-state index is 11.1. The molecule has 0 atom stereocenters. The molecule has 0 aliphatic carbocycles. The molecule has 0 aliphatic heterocycles. The van der Waals surface area contributed by atoms with Crippen molar-refractivity contribution in [2.45, 2.75) is 43.9 Å². The van der Waals surface area contributed by atoms with Gasteiger partial charge in [-0.05, 0) is 24.5 Å². The molecule has 1 rings (SSSR count). The normalized spacial score (nSPS) is 10.9. The van der Waals surface area contributed by atoms with Crippen molar-refractivity contribution in [3.05, 3.63) is 29.8 Å². The molecule has 1 aromatic carbocycles. The minimum absolute atomic E-state index is 0. The summed E-state index contributed by atoms with van der Waals surface area (Å²) in [7, 11) is -4.08. The van der Waals surface area contributed by atoms with Gasteiger partial charge in [0.2, 0.25) is 0 Å². The van der Waals surface area contributed by atoms with Crippen molar-refractivity contribution in [3.63, 3.8) is 0 Å². The molecule has 17 heavy (non-hydrogen) atoms. The zero-order valence-corrected chi connectivity index (χ0v) is 12.5. The standard InChI is InChI=1S/C12H18O3S.Mg.2H/c1-2-3-4-5-8-11-9-6-7-10-12(11)16(13,14)15;;;/h6-7,9-10H,2-5,8H2,1H3,(H,13,14,15);;;/q;+2;2*-1. The van der Waals surface area contributed by atoms with Crippen LogP contribution < -0.4 is 0 Å². The third-order valence-electron chi connectivity index (χ3n) is 2.55. The Hall–Kier alpha value is -0.104. The van der Waals surface area contributed by atoms with Gasteiger partial charge in [-0.25, -0.2) is 0 Å². The van der Waals surface area contributed by atoms with E-state index in [1.807, 2.05) is 0 Å². The fourth-order valence-electron chi connectivity index (χ4n) is 1.70. The van der Waals surface area contributed by atoms with Crippen molar-refractivity contribution in [1.82, 2.24) is 0 Å². The van der Waals surface area contributed by atoms with Crippen LogP contribution in [0.3, 0.4) is 0 Å². The Balaban J connectivity index is -0.000000853. The second kappa shape index (κ2) is 8.08. The average Bonchev–Trinajstić information content (AvgIpc) is 2.24. The van der Waals surface area contributed by atoms with Gasteiger partial charge in [0, 0.05) is 0 Å². The molecule has 0 fully saturated rings. The molecule has 0 unspecified atom stereocenters. The first kappa shape index (κ1) is 16.9.